The first-order valence-electron chi connectivity index (χ1n) is 4.70. The molecule has 2 rings (SSSR count). The maximum absolute atomic E-state index is 13.3. The van der Waals surface area contributed by atoms with Crippen molar-refractivity contribution >= 4 is 17.3 Å². The molecule has 17 heavy (non-hydrogen) atoms. The molecule has 0 saturated carbocycles. The second-order valence-electron chi connectivity index (χ2n) is 3.16. The van der Waals surface area contributed by atoms with E-state index in [1.54, 1.807) is 0 Å². The van der Waals surface area contributed by atoms with Gasteiger partial charge < -0.3 is 10.7 Å². The molecule has 2 aromatic rings. The van der Waals surface area contributed by atoms with Gasteiger partial charge in [-0.1, -0.05) is 6.07 Å². The zero-order chi connectivity index (χ0) is 12.3. The maximum Gasteiger partial charge on any atom is 0.182 e. The number of rotatable bonds is 3. The predicted octanol–water partition coefficient (Wildman–Crippen LogP) is 1.78. The van der Waals surface area contributed by atoms with Gasteiger partial charge in [0, 0.05) is 6.07 Å². The molecule has 0 atom stereocenters. The fraction of sp³-hybridized carbons (Fsp3) is 0. The summed E-state index contributed by atoms with van der Waals surface area (Å²) in [6, 6.07) is 5.29. The van der Waals surface area contributed by atoms with Gasteiger partial charge in [-0.05, 0) is 12.1 Å². The zero-order valence-electron chi connectivity index (χ0n) is 8.61. The van der Waals surface area contributed by atoms with Crippen LogP contribution in [0.1, 0.15) is 0 Å². The van der Waals surface area contributed by atoms with Crippen molar-refractivity contribution in [3.63, 3.8) is 0 Å². The van der Waals surface area contributed by atoms with Crippen molar-refractivity contribution < 1.29 is 8.78 Å². The van der Waals surface area contributed by atoms with Crippen molar-refractivity contribution in [2.75, 3.05) is 10.7 Å². The molecule has 0 spiro atoms. The molecule has 7 heteroatoms. The van der Waals surface area contributed by atoms with Crippen molar-refractivity contribution in [3.8, 4) is 0 Å². The summed E-state index contributed by atoms with van der Waals surface area (Å²) in [5, 5.41) is 2.63. The molecule has 1 aromatic carbocycles. The highest BCUT2D eigenvalue weighted by molar-refractivity contribution is 5.59. The smallest absolute Gasteiger partial charge is 0.182 e. The van der Waals surface area contributed by atoms with Gasteiger partial charge >= 0.3 is 0 Å². The predicted molar refractivity (Wildman–Crippen MR) is 59.5 cm³/mol. The second kappa shape index (κ2) is 4.71. The lowest BCUT2D eigenvalue weighted by Gasteiger charge is -2.07. The number of anilines is 3. The quantitative estimate of drug-likeness (QED) is 0.560. The molecule has 4 N–H and O–H groups in total. The number of aromatic nitrogens is 2. The van der Waals surface area contributed by atoms with Crippen molar-refractivity contribution in [2.24, 2.45) is 5.84 Å². The molecule has 0 bridgehead atoms. The van der Waals surface area contributed by atoms with Gasteiger partial charge in [-0.3, -0.25) is 0 Å². The minimum atomic E-state index is -0.964. The lowest BCUT2D eigenvalue weighted by Crippen LogP contribution is -2.09. The largest absolute Gasteiger partial charge is 0.338 e. The van der Waals surface area contributed by atoms with Crippen LogP contribution in [0.4, 0.5) is 26.1 Å². The standard InChI is InChI=1S/C10H9F2N5/c11-6-2-1-3-7(10(6)12)16-8-4-9(17-13)15-5-14-8/h1-5H,13H2,(H2,14,15,16,17). The van der Waals surface area contributed by atoms with E-state index in [9.17, 15) is 8.78 Å². The number of halogens is 2. The number of hydrazine groups is 1. The summed E-state index contributed by atoms with van der Waals surface area (Å²) in [6.07, 6.45) is 1.24. The van der Waals surface area contributed by atoms with Crippen molar-refractivity contribution in [1.29, 1.82) is 0 Å². The van der Waals surface area contributed by atoms with Crippen molar-refractivity contribution in [3.05, 3.63) is 42.2 Å². The summed E-state index contributed by atoms with van der Waals surface area (Å²) in [6.45, 7) is 0. The summed E-state index contributed by atoms with van der Waals surface area (Å²) in [7, 11) is 0. The maximum atomic E-state index is 13.3. The third kappa shape index (κ3) is 2.45. The summed E-state index contributed by atoms with van der Waals surface area (Å²) in [4.78, 5) is 7.63. The Bertz CT molecular complexity index is 532. The minimum Gasteiger partial charge on any atom is -0.338 e. The van der Waals surface area contributed by atoms with E-state index in [0.29, 0.717) is 11.6 Å². The van der Waals surface area contributed by atoms with E-state index in [4.69, 9.17) is 5.84 Å². The van der Waals surface area contributed by atoms with Crippen LogP contribution < -0.4 is 16.6 Å². The van der Waals surface area contributed by atoms with E-state index < -0.39 is 11.6 Å². The number of nitrogens with zero attached hydrogens (tertiary/aromatic N) is 2. The third-order valence-corrected chi connectivity index (χ3v) is 2.03. The first kappa shape index (κ1) is 11.2. The zero-order valence-corrected chi connectivity index (χ0v) is 8.61. The van der Waals surface area contributed by atoms with E-state index in [2.05, 4.69) is 20.7 Å². The fourth-order valence-electron chi connectivity index (χ4n) is 1.24. The van der Waals surface area contributed by atoms with E-state index in [-0.39, 0.29) is 5.69 Å². The number of nitrogens with two attached hydrogens (primary N) is 1. The normalized spacial score (nSPS) is 10.1. The summed E-state index contributed by atoms with van der Waals surface area (Å²) in [5.41, 5.74) is 2.31. The van der Waals surface area contributed by atoms with Gasteiger partial charge in [0.05, 0.1) is 5.69 Å². The molecule has 1 heterocycles. The van der Waals surface area contributed by atoms with Crippen LogP contribution in [0.25, 0.3) is 0 Å². The monoisotopic (exact) mass is 237 g/mol. The van der Waals surface area contributed by atoms with Crippen LogP contribution in [0.2, 0.25) is 0 Å². The number of benzene rings is 1. The average molecular weight is 237 g/mol. The Morgan fingerprint density at radius 3 is 2.65 bits per heavy atom. The average Bonchev–Trinajstić information content (AvgIpc) is 2.35. The SMILES string of the molecule is NNc1cc(Nc2cccc(F)c2F)ncn1. The van der Waals surface area contributed by atoms with E-state index in [0.717, 1.165) is 6.07 Å². The molecule has 0 radical (unpaired) electrons. The first-order valence-corrected chi connectivity index (χ1v) is 4.70. The van der Waals surface area contributed by atoms with Gasteiger partial charge in [-0.15, -0.1) is 0 Å². The Morgan fingerprint density at radius 2 is 1.88 bits per heavy atom. The fourth-order valence-corrected chi connectivity index (χ4v) is 1.24. The van der Waals surface area contributed by atoms with E-state index >= 15 is 0 Å². The molecule has 0 aliphatic heterocycles. The summed E-state index contributed by atoms with van der Waals surface area (Å²) < 4.78 is 26.3. The highest BCUT2D eigenvalue weighted by Crippen LogP contribution is 2.20. The Labute approximate surface area is 95.7 Å². The Morgan fingerprint density at radius 1 is 1.12 bits per heavy atom. The molecule has 0 aliphatic rings. The van der Waals surface area contributed by atoms with Crippen LogP contribution in [-0.4, -0.2) is 9.97 Å². The van der Waals surface area contributed by atoms with Crippen LogP contribution in [-0.2, 0) is 0 Å². The van der Waals surface area contributed by atoms with Crippen LogP contribution in [0.5, 0.6) is 0 Å². The molecule has 0 aliphatic carbocycles. The Hall–Kier alpha value is -2.28. The molecular formula is C10H9F2N5. The molecular weight excluding hydrogens is 228 g/mol. The van der Waals surface area contributed by atoms with Gasteiger partial charge in [-0.2, -0.15) is 0 Å². The highest BCUT2D eigenvalue weighted by Gasteiger charge is 2.08. The number of nitrogen functional groups attached to an aromatic ring is 1. The molecule has 5 nitrogen and oxygen atoms in total. The van der Waals surface area contributed by atoms with E-state index in [1.807, 2.05) is 0 Å². The highest BCUT2D eigenvalue weighted by atomic mass is 19.2. The molecule has 0 saturated heterocycles. The number of hydrogen-bond donors (Lipinski definition) is 3. The Balaban J connectivity index is 2.28. The number of hydrogen-bond acceptors (Lipinski definition) is 5. The molecule has 88 valence electrons. The lowest BCUT2D eigenvalue weighted by molar-refractivity contribution is 0.511. The Kier molecular flexibility index (Phi) is 3.10. The second-order valence-corrected chi connectivity index (χ2v) is 3.16. The summed E-state index contributed by atoms with van der Waals surface area (Å²) in [5.74, 6) is 3.93. The van der Waals surface area contributed by atoms with Crippen LogP contribution >= 0.6 is 0 Å². The van der Waals surface area contributed by atoms with Crippen LogP contribution in [0.3, 0.4) is 0 Å². The minimum absolute atomic E-state index is 0.00771. The van der Waals surface area contributed by atoms with Crippen LogP contribution in [0, 0.1) is 11.6 Å². The topological polar surface area (TPSA) is 75.9 Å². The van der Waals surface area contributed by atoms with Gasteiger partial charge in [0.2, 0.25) is 0 Å². The van der Waals surface area contributed by atoms with Crippen molar-refractivity contribution in [1.82, 2.24) is 9.97 Å². The van der Waals surface area contributed by atoms with Gasteiger partial charge in [-0.25, -0.2) is 24.6 Å². The molecule has 1 aromatic heterocycles. The molecule has 0 amide bonds. The molecule has 0 fully saturated rings. The van der Waals surface area contributed by atoms with Gasteiger partial charge in [0.25, 0.3) is 0 Å². The van der Waals surface area contributed by atoms with Crippen LogP contribution in [0.15, 0.2) is 30.6 Å². The lowest BCUT2D eigenvalue weighted by atomic mass is 10.3. The van der Waals surface area contributed by atoms with Gasteiger partial charge in [0.1, 0.15) is 18.0 Å². The first-order chi connectivity index (χ1) is 8.20. The number of nitrogens with one attached hydrogen (secondary N) is 2. The van der Waals surface area contributed by atoms with Gasteiger partial charge in [0.15, 0.2) is 11.6 Å². The third-order valence-electron chi connectivity index (χ3n) is 2.03. The van der Waals surface area contributed by atoms with E-state index in [1.165, 1.54) is 24.5 Å². The molecule has 0 unspecified atom stereocenters. The summed E-state index contributed by atoms with van der Waals surface area (Å²) >= 11 is 0. The van der Waals surface area contributed by atoms with Crippen molar-refractivity contribution in [2.45, 2.75) is 0 Å².